The molecule has 0 saturated heterocycles. The Morgan fingerprint density at radius 2 is 1.27 bits per heavy atom. The molecule has 0 saturated carbocycles. The summed E-state index contributed by atoms with van der Waals surface area (Å²) in [4.78, 5) is 4.37. The summed E-state index contributed by atoms with van der Waals surface area (Å²) in [7, 11) is 0. The Balaban J connectivity index is 1.86. The molecule has 0 bridgehead atoms. The van der Waals surface area contributed by atoms with E-state index in [1.807, 2.05) is 0 Å². The SMILES string of the molecule is Fc1cccc(F)c1CC1C(c2c(F)cccc2F)=Nc2ccccc21. The van der Waals surface area contributed by atoms with Gasteiger partial charge in [-0.1, -0.05) is 30.3 Å². The van der Waals surface area contributed by atoms with Crippen LogP contribution in [-0.4, -0.2) is 5.71 Å². The first kappa shape index (κ1) is 16.5. The monoisotopic (exact) mass is 355 g/mol. The maximum atomic E-state index is 14.3. The normalized spacial score (nSPS) is 15.7. The number of aliphatic imine (C=N–C) groups is 1. The highest BCUT2D eigenvalue weighted by molar-refractivity contribution is 6.10. The molecule has 130 valence electrons. The van der Waals surface area contributed by atoms with Crippen LogP contribution in [0.2, 0.25) is 0 Å². The predicted octanol–water partition coefficient (Wildman–Crippen LogP) is 5.70. The summed E-state index contributed by atoms with van der Waals surface area (Å²) in [6, 6.07) is 14.2. The molecule has 1 aliphatic heterocycles. The molecule has 0 amide bonds. The molecule has 0 spiro atoms. The molecule has 0 aromatic heterocycles. The maximum Gasteiger partial charge on any atom is 0.135 e. The third kappa shape index (κ3) is 2.69. The van der Waals surface area contributed by atoms with E-state index in [0.717, 1.165) is 12.1 Å². The first-order valence-electron chi connectivity index (χ1n) is 8.11. The van der Waals surface area contributed by atoms with Gasteiger partial charge in [-0.25, -0.2) is 17.6 Å². The molecular weight excluding hydrogens is 342 g/mol. The zero-order chi connectivity index (χ0) is 18.3. The Bertz CT molecular complexity index is 986. The van der Waals surface area contributed by atoms with Gasteiger partial charge in [0.2, 0.25) is 0 Å². The average molecular weight is 355 g/mol. The molecule has 1 heterocycles. The summed E-state index contributed by atoms with van der Waals surface area (Å²) in [5, 5.41) is 0. The van der Waals surface area contributed by atoms with Crippen molar-refractivity contribution in [2.24, 2.45) is 4.99 Å². The van der Waals surface area contributed by atoms with Crippen LogP contribution in [0.25, 0.3) is 0 Å². The Kier molecular flexibility index (Phi) is 4.07. The van der Waals surface area contributed by atoms with Crippen molar-refractivity contribution >= 4 is 11.4 Å². The summed E-state index contributed by atoms with van der Waals surface area (Å²) >= 11 is 0. The highest BCUT2D eigenvalue weighted by Gasteiger charge is 2.32. The maximum absolute atomic E-state index is 14.3. The Morgan fingerprint density at radius 1 is 0.692 bits per heavy atom. The third-order valence-corrected chi connectivity index (χ3v) is 4.57. The van der Waals surface area contributed by atoms with E-state index in [2.05, 4.69) is 4.99 Å². The van der Waals surface area contributed by atoms with Crippen LogP contribution in [-0.2, 0) is 6.42 Å². The van der Waals surface area contributed by atoms with Crippen molar-refractivity contribution in [3.05, 3.63) is 101 Å². The van der Waals surface area contributed by atoms with E-state index < -0.39 is 29.2 Å². The van der Waals surface area contributed by atoms with Crippen LogP contribution in [0.4, 0.5) is 23.2 Å². The van der Waals surface area contributed by atoms with Crippen LogP contribution in [0.1, 0.15) is 22.6 Å². The highest BCUT2D eigenvalue weighted by Crippen LogP contribution is 2.41. The van der Waals surface area contributed by atoms with Crippen LogP contribution < -0.4 is 0 Å². The molecule has 0 fully saturated rings. The molecule has 1 atom stereocenters. The molecule has 26 heavy (non-hydrogen) atoms. The van der Waals surface area contributed by atoms with Crippen molar-refractivity contribution in [3.8, 4) is 0 Å². The van der Waals surface area contributed by atoms with Crippen molar-refractivity contribution in [1.29, 1.82) is 0 Å². The Morgan fingerprint density at radius 3 is 1.92 bits per heavy atom. The van der Waals surface area contributed by atoms with Crippen LogP contribution in [0.5, 0.6) is 0 Å². The number of halogens is 4. The van der Waals surface area contributed by atoms with Gasteiger partial charge in [-0.3, -0.25) is 4.99 Å². The van der Waals surface area contributed by atoms with Gasteiger partial charge in [0, 0.05) is 11.5 Å². The second kappa shape index (κ2) is 6.41. The lowest BCUT2D eigenvalue weighted by Gasteiger charge is -2.17. The van der Waals surface area contributed by atoms with Gasteiger partial charge in [-0.15, -0.1) is 0 Å². The van der Waals surface area contributed by atoms with Gasteiger partial charge in [0.1, 0.15) is 23.3 Å². The summed E-state index contributed by atoms with van der Waals surface area (Å²) in [5.74, 6) is -3.54. The van der Waals surface area contributed by atoms with Gasteiger partial charge in [0.25, 0.3) is 0 Å². The first-order valence-corrected chi connectivity index (χ1v) is 8.11. The summed E-state index contributed by atoms with van der Waals surface area (Å²) in [6.07, 6.45) is -0.0812. The number of benzene rings is 3. The number of rotatable bonds is 3. The van der Waals surface area contributed by atoms with E-state index in [0.29, 0.717) is 11.3 Å². The molecule has 0 N–H and O–H groups in total. The Labute approximate surface area is 147 Å². The molecule has 1 nitrogen and oxygen atoms in total. The lowest BCUT2D eigenvalue weighted by Crippen LogP contribution is -2.17. The fraction of sp³-hybridized carbons (Fsp3) is 0.0952. The van der Waals surface area contributed by atoms with E-state index in [-0.39, 0.29) is 23.3 Å². The van der Waals surface area contributed by atoms with Crippen LogP contribution >= 0.6 is 0 Å². The predicted molar refractivity (Wildman–Crippen MR) is 91.8 cm³/mol. The lowest BCUT2D eigenvalue weighted by atomic mass is 9.86. The van der Waals surface area contributed by atoms with Gasteiger partial charge in [-0.2, -0.15) is 0 Å². The molecular formula is C21H13F4N. The van der Waals surface area contributed by atoms with Gasteiger partial charge in [0.05, 0.1) is 17.0 Å². The molecule has 0 aliphatic carbocycles. The third-order valence-electron chi connectivity index (χ3n) is 4.57. The van der Waals surface area contributed by atoms with Gasteiger partial charge in [0.15, 0.2) is 0 Å². The van der Waals surface area contributed by atoms with E-state index in [9.17, 15) is 17.6 Å². The standard InChI is InChI=1S/C21H13F4N/c22-15-6-3-7-16(23)14(15)11-13-12-5-1-2-10-19(12)26-21(13)20-17(24)8-4-9-18(20)25/h1-10,13H,11H2. The summed E-state index contributed by atoms with van der Waals surface area (Å²) < 4.78 is 56.9. The highest BCUT2D eigenvalue weighted by atomic mass is 19.1. The first-order chi connectivity index (χ1) is 12.6. The Hall–Kier alpha value is -2.95. The average Bonchev–Trinajstić information content (AvgIpc) is 2.96. The molecule has 3 aromatic carbocycles. The number of hydrogen-bond acceptors (Lipinski definition) is 1. The largest absolute Gasteiger partial charge is 0.252 e. The van der Waals surface area contributed by atoms with E-state index in [1.54, 1.807) is 24.3 Å². The minimum absolute atomic E-state index is 0.0812. The zero-order valence-corrected chi connectivity index (χ0v) is 13.5. The van der Waals surface area contributed by atoms with Crippen molar-refractivity contribution in [1.82, 2.24) is 0 Å². The van der Waals surface area contributed by atoms with Crippen LogP contribution in [0.15, 0.2) is 65.7 Å². The zero-order valence-electron chi connectivity index (χ0n) is 13.5. The smallest absolute Gasteiger partial charge is 0.135 e. The van der Waals surface area contributed by atoms with E-state index in [4.69, 9.17) is 0 Å². The quantitative estimate of drug-likeness (QED) is 0.534. The number of fused-ring (bicyclic) bond motifs is 1. The van der Waals surface area contributed by atoms with Crippen molar-refractivity contribution in [3.63, 3.8) is 0 Å². The second-order valence-corrected chi connectivity index (χ2v) is 6.11. The van der Waals surface area contributed by atoms with Crippen molar-refractivity contribution in [2.45, 2.75) is 12.3 Å². The van der Waals surface area contributed by atoms with E-state index in [1.165, 1.54) is 24.3 Å². The number of nitrogens with zero attached hydrogens (tertiary/aromatic N) is 1. The fourth-order valence-electron chi connectivity index (χ4n) is 3.35. The molecule has 4 rings (SSSR count). The minimum atomic E-state index is -0.754. The molecule has 1 aliphatic rings. The van der Waals surface area contributed by atoms with Crippen molar-refractivity contribution in [2.75, 3.05) is 0 Å². The topological polar surface area (TPSA) is 12.4 Å². The molecule has 0 radical (unpaired) electrons. The van der Waals surface area contributed by atoms with E-state index >= 15 is 0 Å². The van der Waals surface area contributed by atoms with Crippen LogP contribution in [0, 0.1) is 23.3 Å². The summed E-state index contributed by atoms with van der Waals surface area (Å²) in [6.45, 7) is 0. The molecule has 3 aromatic rings. The van der Waals surface area contributed by atoms with Crippen LogP contribution in [0.3, 0.4) is 0 Å². The minimum Gasteiger partial charge on any atom is -0.252 e. The molecule has 5 heteroatoms. The second-order valence-electron chi connectivity index (χ2n) is 6.11. The van der Waals surface area contributed by atoms with Gasteiger partial charge in [-0.05, 0) is 42.3 Å². The van der Waals surface area contributed by atoms with Gasteiger partial charge < -0.3 is 0 Å². The number of para-hydroxylation sites is 1. The lowest BCUT2D eigenvalue weighted by molar-refractivity contribution is 0.551. The van der Waals surface area contributed by atoms with Gasteiger partial charge >= 0.3 is 0 Å². The summed E-state index contributed by atoms with van der Waals surface area (Å²) in [5.41, 5.74) is 0.994. The van der Waals surface area contributed by atoms with Crippen molar-refractivity contribution < 1.29 is 17.6 Å². The molecule has 1 unspecified atom stereocenters. The fourth-order valence-corrected chi connectivity index (χ4v) is 3.35. The number of hydrogen-bond donors (Lipinski definition) is 0.